The van der Waals surface area contributed by atoms with Gasteiger partial charge >= 0.3 is 5.97 Å². The third kappa shape index (κ3) is 7.04. The zero-order valence-corrected chi connectivity index (χ0v) is 22.8. The van der Waals surface area contributed by atoms with Gasteiger partial charge in [-0.2, -0.15) is 0 Å². The highest BCUT2D eigenvalue weighted by Gasteiger charge is 2.34. The SMILES string of the molecule is O=C(OCCN1CCOCC1)c1cccc(CCC[C@H]2CCC(=O)[C@@H]2CSc2cccc3ccccc23)c1. The van der Waals surface area contributed by atoms with Crippen LogP contribution in [0.15, 0.2) is 71.6 Å². The van der Waals surface area contributed by atoms with E-state index in [1.807, 2.05) is 30.0 Å². The predicted molar refractivity (Wildman–Crippen MR) is 153 cm³/mol. The summed E-state index contributed by atoms with van der Waals surface area (Å²) < 4.78 is 10.9. The quantitative estimate of drug-likeness (QED) is 0.222. The van der Waals surface area contributed by atoms with Crippen molar-refractivity contribution in [2.24, 2.45) is 11.8 Å². The van der Waals surface area contributed by atoms with Crippen molar-refractivity contribution in [3.8, 4) is 0 Å². The number of rotatable bonds is 11. The third-order valence-corrected chi connectivity index (χ3v) is 9.05. The molecule has 0 amide bonds. The molecule has 2 fully saturated rings. The summed E-state index contributed by atoms with van der Waals surface area (Å²) in [5.41, 5.74) is 1.77. The molecule has 2 atom stereocenters. The van der Waals surface area contributed by atoms with Crippen LogP contribution in [0, 0.1) is 11.8 Å². The summed E-state index contributed by atoms with van der Waals surface area (Å²) in [6.45, 7) is 4.42. The van der Waals surface area contributed by atoms with Crippen LogP contribution in [0.2, 0.25) is 0 Å². The van der Waals surface area contributed by atoms with Gasteiger partial charge in [0.1, 0.15) is 12.4 Å². The van der Waals surface area contributed by atoms with E-state index in [9.17, 15) is 9.59 Å². The molecule has 5 nitrogen and oxygen atoms in total. The van der Waals surface area contributed by atoms with E-state index >= 15 is 0 Å². The van der Waals surface area contributed by atoms with Crippen molar-refractivity contribution < 1.29 is 19.1 Å². The molecule has 200 valence electrons. The molecule has 38 heavy (non-hydrogen) atoms. The Kier molecular flexibility index (Phi) is 9.50. The third-order valence-electron chi connectivity index (χ3n) is 7.86. The van der Waals surface area contributed by atoms with Gasteiger partial charge in [-0.15, -0.1) is 11.8 Å². The van der Waals surface area contributed by atoms with Crippen LogP contribution >= 0.6 is 11.8 Å². The molecule has 1 saturated heterocycles. The highest BCUT2D eigenvalue weighted by atomic mass is 32.2. The lowest BCUT2D eigenvalue weighted by Crippen LogP contribution is -2.38. The zero-order chi connectivity index (χ0) is 26.2. The molecule has 1 saturated carbocycles. The number of aryl methyl sites for hydroxylation is 1. The van der Waals surface area contributed by atoms with Gasteiger partial charge in [-0.3, -0.25) is 9.69 Å². The molecular weight excluding hydrogens is 494 g/mol. The van der Waals surface area contributed by atoms with Gasteiger partial charge in [0, 0.05) is 42.6 Å². The van der Waals surface area contributed by atoms with Crippen molar-refractivity contribution in [1.29, 1.82) is 0 Å². The first-order chi connectivity index (χ1) is 18.7. The maximum atomic E-state index is 12.7. The summed E-state index contributed by atoms with van der Waals surface area (Å²) in [5.74, 6) is 1.59. The molecule has 0 spiro atoms. The second-order valence-electron chi connectivity index (χ2n) is 10.3. The molecule has 1 aliphatic carbocycles. The number of hydrogen-bond acceptors (Lipinski definition) is 6. The molecule has 6 heteroatoms. The normalized spacial score (nSPS) is 20.2. The van der Waals surface area contributed by atoms with Crippen molar-refractivity contribution in [3.63, 3.8) is 0 Å². The van der Waals surface area contributed by atoms with Gasteiger partial charge in [0.25, 0.3) is 0 Å². The van der Waals surface area contributed by atoms with Crippen LogP contribution in [0.1, 0.15) is 41.6 Å². The summed E-state index contributed by atoms with van der Waals surface area (Å²) in [6.07, 6.45) is 4.67. The maximum absolute atomic E-state index is 12.7. The number of nitrogens with zero attached hydrogens (tertiary/aromatic N) is 1. The Morgan fingerprint density at radius 1 is 1.03 bits per heavy atom. The zero-order valence-electron chi connectivity index (χ0n) is 22.0. The largest absolute Gasteiger partial charge is 0.461 e. The van der Waals surface area contributed by atoms with Gasteiger partial charge in [-0.1, -0.05) is 48.5 Å². The van der Waals surface area contributed by atoms with Gasteiger partial charge < -0.3 is 9.47 Å². The Bertz CT molecular complexity index is 1230. The molecule has 0 bridgehead atoms. The second-order valence-corrected chi connectivity index (χ2v) is 11.4. The van der Waals surface area contributed by atoms with E-state index in [4.69, 9.17) is 9.47 Å². The molecule has 3 aromatic rings. The molecule has 0 aromatic heterocycles. The maximum Gasteiger partial charge on any atom is 0.338 e. The lowest BCUT2D eigenvalue weighted by molar-refractivity contribution is -0.120. The Labute approximate surface area is 229 Å². The van der Waals surface area contributed by atoms with Gasteiger partial charge in [0.2, 0.25) is 0 Å². The molecular formula is C32H37NO4S. The topological polar surface area (TPSA) is 55.8 Å². The summed E-state index contributed by atoms with van der Waals surface area (Å²) in [6, 6.07) is 22.7. The van der Waals surface area contributed by atoms with E-state index in [0.717, 1.165) is 69.8 Å². The summed E-state index contributed by atoms with van der Waals surface area (Å²) >= 11 is 1.82. The molecule has 0 radical (unpaired) electrons. The molecule has 1 aliphatic heterocycles. The number of carbonyl (C=O) groups is 2. The minimum Gasteiger partial charge on any atom is -0.461 e. The molecule has 0 unspecified atom stereocenters. The average Bonchev–Trinajstić information content (AvgIpc) is 3.31. The smallest absolute Gasteiger partial charge is 0.338 e. The first kappa shape index (κ1) is 26.9. The number of Topliss-reactive ketones (excluding diaryl/α,β-unsaturated/α-hetero) is 1. The van der Waals surface area contributed by atoms with Crippen LogP contribution in [0.5, 0.6) is 0 Å². The molecule has 2 aliphatic rings. The monoisotopic (exact) mass is 531 g/mol. The number of hydrogen-bond donors (Lipinski definition) is 0. The fourth-order valence-electron chi connectivity index (χ4n) is 5.65. The number of fused-ring (bicyclic) bond motifs is 1. The van der Waals surface area contributed by atoms with Crippen molar-refractivity contribution in [1.82, 2.24) is 4.90 Å². The van der Waals surface area contributed by atoms with Crippen molar-refractivity contribution in [2.75, 3.05) is 45.2 Å². The lowest BCUT2D eigenvalue weighted by Gasteiger charge is -2.26. The van der Waals surface area contributed by atoms with Crippen LogP contribution in [0.3, 0.4) is 0 Å². The molecule has 1 heterocycles. The Morgan fingerprint density at radius 2 is 1.84 bits per heavy atom. The van der Waals surface area contributed by atoms with Crippen LogP contribution in [0.25, 0.3) is 10.8 Å². The van der Waals surface area contributed by atoms with Gasteiger partial charge in [-0.25, -0.2) is 4.79 Å². The minimum atomic E-state index is -0.257. The Hall–Kier alpha value is -2.67. The fourth-order valence-corrected chi connectivity index (χ4v) is 6.98. The Balaban J connectivity index is 1.09. The van der Waals surface area contributed by atoms with Crippen LogP contribution < -0.4 is 0 Å². The van der Waals surface area contributed by atoms with Crippen LogP contribution in [-0.4, -0.2) is 61.9 Å². The van der Waals surface area contributed by atoms with E-state index in [2.05, 4.69) is 53.4 Å². The number of ether oxygens (including phenoxy) is 2. The highest BCUT2D eigenvalue weighted by molar-refractivity contribution is 7.99. The van der Waals surface area contributed by atoms with Crippen LogP contribution in [-0.2, 0) is 20.7 Å². The van der Waals surface area contributed by atoms with E-state index in [0.29, 0.717) is 30.3 Å². The van der Waals surface area contributed by atoms with Gasteiger partial charge in [-0.05, 0) is 66.1 Å². The van der Waals surface area contributed by atoms with Gasteiger partial charge in [0.15, 0.2) is 0 Å². The fraction of sp³-hybridized carbons (Fsp3) is 0.438. The first-order valence-corrected chi connectivity index (χ1v) is 14.9. The lowest BCUT2D eigenvalue weighted by atomic mass is 9.91. The number of carbonyl (C=O) groups excluding carboxylic acids is 2. The standard InChI is InChI=1S/C32H37NO4S/c34-30-15-14-26(29(30)23-38-31-13-5-10-25-8-1-2-12-28(25)31)9-3-6-24-7-4-11-27(22-24)32(35)37-21-18-33-16-19-36-20-17-33/h1-2,4-5,7-8,10-13,22,26,29H,3,6,9,14-21,23H2/t26-,29+/m0/s1. The molecule has 0 N–H and O–H groups in total. The minimum absolute atomic E-state index is 0.131. The second kappa shape index (κ2) is 13.4. The number of benzene rings is 3. The number of thioether (sulfide) groups is 1. The molecule has 3 aromatic carbocycles. The average molecular weight is 532 g/mol. The van der Waals surface area contributed by atoms with E-state index in [1.54, 1.807) is 0 Å². The van der Waals surface area contributed by atoms with Crippen molar-refractivity contribution in [3.05, 3.63) is 77.9 Å². The number of esters is 1. The van der Waals surface area contributed by atoms with E-state index < -0.39 is 0 Å². The highest BCUT2D eigenvalue weighted by Crippen LogP contribution is 2.38. The summed E-state index contributed by atoms with van der Waals surface area (Å²) in [5, 5.41) is 2.51. The van der Waals surface area contributed by atoms with Crippen molar-refractivity contribution >= 4 is 34.3 Å². The Morgan fingerprint density at radius 3 is 2.74 bits per heavy atom. The summed E-state index contributed by atoms with van der Waals surface area (Å²) in [4.78, 5) is 28.8. The van der Waals surface area contributed by atoms with Crippen molar-refractivity contribution in [2.45, 2.75) is 37.0 Å². The van der Waals surface area contributed by atoms with Gasteiger partial charge in [0.05, 0.1) is 18.8 Å². The van der Waals surface area contributed by atoms with E-state index in [-0.39, 0.29) is 11.9 Å². The van der Waals surface area contributed by atoms with Crippen LogP contribution in [0.4, 0.5) is 0 Å². The number of morpholine rings is 1. The number of ketones is 1. The van der Waals surface area contributed by atoms with E-state index in [1.165, 1.54) is 15.7 Å². The first-order valence-electron chi connectivity index (χ1n) is 13.9. The predicted octanol–water partition coefficient (Wildman–Crippen LogP) is 6.04. The summed E-state index contributed by atoms with van der Waals surface area (Å²) in [7, 11) is 0. The molecule has 5 rings (SSSR count).